The number of hydrogen-bond donors (Lipinski definition) is 9. The molecule has 0 aromatic rings. The molecule has 0 rings (SSSR count). The van der Waals surface area contributed by atoms with E-state index in [0.717, 1.165) is 0 Å². The van der Waals surface area contributed by atoms with E-state index in [1.165, 1.54) is 20.8 Å². The molecule has 0 radical (unpaired) electrons. The van der Waals surface area contributed by atoms with E-state index >= 15 is 0 Å². The van der Waals surface area contributed by atoms with Crippen molar-refractivity contribution in [3.05, 3.63) is 0 Å². The molecule has 0 aliphatic heterocycles. The molecule has 0 fully saturated rings. The first-order valence-electron chi connectivity index (χ1n) is 6.36. The van der Waals surface area contributed by atoms with Gasteiger partial charge >= 0.3 is 17.9 Å². The highest BCUT2D eigenvalue weighted by molar-refractivity contribution is 7.82. The zero-order chi connectivity index (χ0) is 20.5. The molecule has 12 heteroatoms. The van der Waals surface area contributed by atoms with E-state index in [-0.39, 0.29) is 13.2 Å². The van der Waals surface area contributed by atoms with Crippen molar-refractivity contribution in [1.82, 2.24) is 0 Å². The molecule has 6 N–H and O–H groups in total. The van der Waals surface area contributed by atoms with Crippen molar-refractivity contribution in [3.8, 4) is 0 Å². The molecule has 0 spiro atoms. The van der Waals surface area contributed by atoms with Gasteiger partial charge < -0.3 is 30.6 Å². The van der Waals surface area contributed by atoms with Crippen LogP contribution >= 0.6 is 37.9 Å². The summed E-state index contributed by atoms with van der Waals surface area (Å²) in [6, 6.07) is 0. The van der Waals surface area contributed by atoms with E-state index in [2.05, 4.69) is 37.9 Å². The van der Waals surface area contributed by atoms with Gasteiger partial charge in [-0.15, -0.1) is 0 Å². The van der Waals surface area contributed by atoms with Crippen LogP contribution in [0.5, 0.6) is 0 Å². The van der Waals surface area contributed by atoms with Crippen LogP contribution in [0.3, 0.4) is 0 Å². The number of thiol groups is 3. The van der Waals surface area contributed by atoms with Gasteiger partial charge in [0.25, 0.3) is 0 Å². The minimum Gasteiger partial charge on any atom is -0.480 e. The Bertz CT molecular complexity index is 289. The third kappa shape index (κ3) is 37.5. The van der Waals surface area contributed by atoms with Gasteiger partial charge in [0, 0.05) is 0 Å². The quantitative estimate of drug-likeness (QED) is 0.271. The zero-order valence-corrected chi connectivity index (χ0v) is 16.2. The van der Waals surface area contributed by atoms with Gasteiger partial charge in [0.1, 0.15) is 6.10 Å². The monoisotopic (exact) mass is 410 g/mol. The Hall–Kier alpha value is -0.660. The first-order chi connectivity index (χ1) is 10.7. The average Bonchev–Trinajstić information content (AvgIpc) is 2.47. The molecule has 9 nitrogen and oxygen atoms in total. The molecule has 0 saturated carbocycles. The van der Waals surface area contributed by atoms with Gasteiger partial charge in [0.05, 0.1) is 29.0 Å². The zero-order valence-electron chi connectivity index (χ0n) is 13.5. The Morgan fingerprint density at radius 2 is 0.833 bits per heavy atom. The van der Waals surface area contributed by atoms with E-state index in [4.69, 9.17) is 30.6 Å². The van der Waals surface area contributed by atoms with Gasteiger partial charge in [-0.05, 0) is 20.8 Å². The highest BCUT2D eigenvalue weighted by atomic mass is 32.1. The van der Waals surface area contributed by atoms with E-state index in [1.807, 2.05) is 0 Å². The summed E-state index contributed by atoms with van der Waals surface area (Å²) in [5, 5.41) is 46.1. The first-order valence-corrected chi connectivity index (χ1v) is 7.91. The molecule has 0 heterocycles. The molecule has 3 atom stereocenters. The second-order valence-corrected chi connectivity index (χ2v) is 6.39. The molecule has 0 aliphatic carbocycles. The van der Waals surface area contributed by atoms with Gasteiger partial charge in [-0.3, -0.25) is 14.4 Å². The molecule has 0 aromatic carbocycles. The Labute approximate surface area is 156 Å². The third-order valence-corrected chi connectivity index (χ3v) is 2.16. The van der Waals surface area contributed by atoms with Crippen molar-refractivity contribution in [3.63, 3.8) is 0 Å². The highest BCUT2D eigenvalue weighted by Gasteiger charge is 2.01. The number of rotatable bonds is 5. The molecular formula is C12H26O9S3. The normalized spacial score (nSPS) is 12.8. The summed E-state index contributed by atoms with van der Waals surface area (Å²) < 4.78 is 0. The van der Waals surface area contributed by atoms with Crippen LogP contribution in [0.15, 0.2) is 0 Å². The Balaban J connectivity index is -0.000000111. The summed E-state index contributed by atoms with van der Waals surface area (Å²) in [7, 11) is 0. The van der Waals surface area contributed by atoms with Crippen molar-refractivity contribution < 1.29 is 45.0 Å². The predicted octanol–water partition coefficient (Wildman–Crippen LogP) is -0.500. The number of hydrogen-bond acceptors (Lipinski definition) is 9. The largest absolute Gasteiger partial charge is 0.480 e. The second kappa shape index (κ2) is 20.4. The minimum atomic E-state index is -0.954. The number of carbonyl (C=O) groups is 3. The molecule has 0 saturated heterocycles. The van der Waals surface area contributed by atoms with E-state index in [9.17, 15) is 14.4 Å². The van der Waals surface area contributed by atoms with E-state index in [1.54, 1.807) is 0 Å². The fourth-order valence-electron chi connectivity index (χ4n) is 0.0577. The lowest BCUT2D eigenvalue weighted by Gasteiger charge is -1.96. The van der Waals surface area contributed by atoms with Gasteiger partial charge in [0.15, 0.2) is 0 Å². The maximum Gasteiger partial charge on any atom is 0.316 e. The number of aliphatic hydroxyl groups is 3. The summed E-state index contributed by atoms with van der Waals surface area (Å²) in [6.07, 6.45) is -0.954. The molecule has 24 heavy (non-hydrogen) atoms. The van der Waals surface area contributed by atoms with Crippen molar-refractivity contribution in [2.24, 2.45) is 0 Å². The van der Waals surface area contributed by atoms with Gasteiger partial charge in [0.2, 0.25) is 0 Å². The van der Waals surface area contributed by atoms with Crippen LogP contribution in [0, 0.1) is 0 Å². The van der Waals surface area contributed by atoms with Gasteiger partial charge in [-0.25, -0.2) is 0 Å². The topological polar surface area (TPSA) is 173 Å². The number of carboxylic acid groups (broad SMARTS) is 3. The predicted molar refractivity (Wildman–Crippen MR) is 98.4 cm³/mol. The summed E-state index contributed by atoms with van der Waals surface area (Å²) in [4.78, 5) is 28.9. The Morgan fingerprint density at radius 3 is 0.833 bits per heavy atom. The van der Waals surface area contributed by atoms with Gasteiger partial charge in [-0.1, -0.05) is 0 Å². The van der Waals surface area contributed by atoms with E-state index < -0.39 is 39.8 Å². The number of aliphatic hydroxyl groups excluding tert-OH is 3. The molecule has 0 aliphatic rings. The van der Waals surface area contributed by atoms with Crippen molar-refractivity contribution >= 4 is 55.8 Å². The Morgan fingerprint density at radius 1 is 0.708 bits per heavy atom. The van der Waals surface area contributed by atoms with Crippen LogP contribution in [0.1, 0.15) is 20.8 Å². The Kier molecular flexibility index (Phi) is 26.5. The van der Waals surface area contributed by atoms with E-state index in [0.29, 0.717) is 0 Å². The third-order valence-electron chi connectivity index (χ3n) is 1.49. The minimum absolute atomic E-state index is 0.365. The lowest BCUT2D eigenvalue weighted by molar-refractivity contribution is -0.137. The fourth-order valence-corrected chi connectivity index (χ4v) is 0.0577. The maximum absolute atomic E-state index is 9.62. The van der Waals surface area contributed by atoms with Crippen LogP contribution < -0.4 is 0 Å². The first kappa shape index (κ1) is 31.1. The number of carboxylic acids is 3. The maximum atomic E-state index is 9.62. The number of aliphatic carboxylic acids is 3. The lowest BCUT2D eigenvalue weighted by atomic mass is 10.4. The highest BCUT2D eigenvalue weighted by Crippen LogP contribution is 1.89. The molecule has 0 aromatic heterocycles. The molecular weight excluding hydrogens is 384 g/mol. The molecule has 0 bridgehead atoms. The van der Waals surface area contributed by atoms with Crippen LogP contribution in [0.25, 0.3) is 0 Å². The summed E-state index contributed by atoms with van der Waals surface area (Å²) in [6.45, 7) is 3.79. The van der Waals surface area contributed by atoms with Crippen LogP contribution in [-0.4, -0.2) is 83.6 Å². The van der Waals surface area contributed by atoms with Crippen molar-refractivity contribution in [2.75, 3.05) is 13.2 Å². The van der Waals surface area contributed by atoms with Crippen molar-refractivity contribution in [1.29, 1.82) is 0 Å². The van der Waals surface area contributed by atoms with Crippen LogP contribution in [-0.2, 0) is 14.4 Å². The molecule has 146 valence electrons. The fraction of sp³-hybridized carbons (Fsp3) is 0.750. The average molecular weight is 411 g/mol. The summed E-state index contributed by atoms with van der Waals surface area (Å²) in [5.74, 6) is -2.63. The summed E-state index contributed by atoms with van der Waals surface area (Å²) >= 11 is 10.8. The SMILES string of the molecule is CC(S)C(=O)O.CC(S)C(=O)O.CC(S)C(=O)O.OCC(O)CO. The standard InChI is InChI=1S/C3H8O3.3C3H6O2S/c4-1-3(6)2-5;3*1-2(6)3(4)5/h3-6H,1-2H2;3*2,6H,1H3,(H,4,5). The summed E-state index contributed by atoms with van der Waals surface area (Å²) in [5.41, 5.74) is 0. The van der Waals surface area contributed by atoms with Crippen molar-refractivity contribution in [2.45, 2.75) is 42.6 Å². The molecule has 3 unspecified atom stereocenters. The smallest absolute Gasteiger partial charge is 0.316 e. The van der Waals surface area contributed by atoms with Gasteiger partial charge in [-0.2, -0.15) is 37.9 Å². The lowest BCUT2D eigenvalue weighted by Crippen LogP contribution is -2.15. The van der Waals surface area contributed by atoms with Crippen LogP contribution in [0.2, 0.25) is 0 Å². The van der Waals surface area contributed by atoms with Crippen LogP contribution in [0.4, 0.5) is 0 Å². The molecule has 0 amide bonds. The second-order valence-electron chi connectivity index (χ2n) is 4.06.